The minimum Gasteiger partial charge on any atom is -0.383 e. The van der Waals surface area contributed by atoms with Gasteiger partial charge in [0.1, 0.15) is 11.7 Å². The zero-order valence-electron chi connectivity index (χ0n) is 25.9. The number of aromatic nitrogens is 4. The minimum absolute atomic E-state index is 0.219. The number of aliphatic imine (C=N–C) groups is 1. The van der Waals surface area contributed by atoms with E-state index in [0.29, 0.717) is 31.3 Å². The van der Waals surface area contributed by atoms with Gasteiger partial charge in [0.15, 0.2) is 5.82 Å². The first kappa shape index (κ1) is 34.0. The molecule has 4 heterocycles. The summed E-state index contributed by atoms with van der Waals surface area (Å²) in [6, 6.07) is 5.95. The van der Waals surface area contributed by atoms with Crippen molar-refractivity contribution in [1.82, 2.24) is 24.5 Å². The number of aryl methyl sites for hydroxylation is 1. The third-order valence-electron chi connectivity index (χ3n) is 6.85. The highest BCUT2D eigenvalue weighted by Gasteiger charge is 2.18. The molecule has 11 heteroatoms. The van der Waals surface area contributed by atoms with E-state index >= 15 is 0 Å². The van der Waals surface area contributed by atoms with Crippen molar-refractivity contribution in [2.45, 2.75) is 73.1 Å². The number of nitrogens with two attached hydrogens (primary N) is 1. The maximum Gasteiger partial charge on any atom is 0.240 e. The second-order valence-electron chi connectivity index (χ2n) is 10.5. The van der Waals surface area contributed by atoms with Crippen molar-refractivity contribution < 1.29 is 13.5 Å². The van der Waals surface area contributed by atoms with Crippen molar-refractivity contribution in [3.05, 3.63) is 30.1 Å². The molecule has 0 aliphatic carbocycles. The van der Waals surface area contributed by atoms with Crippen LogP contribution in [0.3, 0.4) is 0 Å². The van der Waals surface area contributed by atoms with Crippen LogP contribution in [0.1, 0.15) is 59.6 Å². The number of anilines is 2. The Labute approximate surface area is 243 Å². The molecule has 1 aliphatic rings. The predicted molar refractivity (Wildman–Crippen MR) is 166 cm³/mol. The Kier molecular flexibility index (Phi) is 14.1. The van der Waals surface area contributed by atoms with E-state index in [-0.39, 0.29) is 5.95 Å². The fraction of sp³-hybridized carbons (Fsp3) is 0.600. The number of likely N-dealkylation sites (tertiary alicyclic amines) is 1. The number of hydrogen-bond donors (Lipinski definition) is 2. The first-order valence-corrected chi connectivity index (χ1v) is 14.4. The normalized spacial score (nSPS) is 16.6. The molecule has 1 saturated heterocycles. The van der Waals surface area contributed by atoms with Crippen LogP contribution >= 0.6 is 0 Å². The lowest BCUT2D eigenvalue weighted by atomic mass is 10.1. The molecule has 41 heavy (non-hydrogen) atoms. The van der Waals surface area contributed by atoms with E-state index in [4.69, 9.17) is 15.5 Å². The molecule has 2 atom stereocenters. The summed E-state index contributed by atoms with van der Waals surface area (Å²) in [4.78, 5) is 15.8. The molecule has 228 valence electrons. The summed E-state index contributed by atoms with van der Waals surface area (Å²) < 4.78 is 30.8. The zero-order valence-corrected chi connectivity index (χ0v) is 25.9. The van der Waals surface area contributed by atoms with Crippen LogP contribution in [0.5, 0.6) is 0 Å². The topological polar surface area (TPSA) is 106 Å². The number of halogens is 2. The quantitative estimate of drug-likeness (QED) is 0.305. The maximum absolute atomic E-state index is 12.8. The summed E-state index contributed by atoms with van der Waals surface area (Å²) in [5.74, 6) is 1.30. The highest BCUT2D eigenvalue weighted by Crippen LogP contribution is 2.30. The first-order valence-electron chi connectivity index (χ1n) is 14.4. The average molecular weight is 575 g/mol. The Morgan fingerprint density at radius 2 is 1.95 bits per heavy atom. The third kappa shape index (κ3) is 10.6. The molecule has 3 aromatic heterocycles. The summed E-state index contributed by atoms with van der Waals surface area (Å²) in [7, 11) is 3.49. The second kappa shape index (κ2) is 16.9. The Hall–Kier alpha value is -3.18. The van der Waals surface area contributed by atoms with Gasteiger partial charge in [-0.25, -0.2) is 13.3 Å². The minimum atomic E-state index is -0.616. The molecule has 3 aromatic rings. The van der Waals surface area contributed by atoms with Gasteiger partial charge >= 0.3 is 0 Å². The lowest BCUT2D eigenvalue weighted by molar-refractivity contribution is 0.0990. The SMILES string of the molecule is CCC(C)F.CNc1nc(N)nn2ccc(-c3ccc(N=C(C)C(C)C)c(C)n3)c12.COCCN1CCC[C@@H](F)C1. The van der Waals surface area contributed by atoms with E-state index in [0.717, 1.165) is 59.8 Å². The predicted octanol–water partition coefficient (Wildman–Crippen LogP) is 6.29. The van der Waals surface area contributed by atoms with Crippen LogP contribution in [0.2, 0.25) is 0 Å². The van der Waals surface area contributed by atoms with Crippen molar-refractivity contribution in [3.63, 3.8) is 0 Å². The van der Waals surface area contributed by atoms with Crippen molar-refractivity contribution >= 4 is 28.7 Å². The molecular formula is C30H48F2N8O. The number of nitrogens with zero attached hydrogens (tertiary/aromatic N) is 6. The highest BCUT2D eigenvalue weighted by atomic mass is 19.1. The summed E-state index contributed by atoms with van der Waals surface area (Å²) in [6.45, 7) is 14.9. The lowest BCUT2D eigenvalue weighted by Crippen LogP contribution is -2.38. The second-order valence-corrected chi connectivity index (χ2v) is 10.5. The fourth-order valence-electron chi connectivity index (χ4n) is 3.99. The van der Waals surface area contributed by atoms with Gasteiger partial charge in [0.25, 0.3) is 0 Å². The van der Waals surface area contributed by atoms with Gasteiger partial charge in [-0.1, -0.05) is 20.8 Å². The number of nitrogens with one attached hydrogen (secondary N) is 1. The molecule has 0 amide bonds. The van der Waals surface area contributed by atoms with Crippen molar-refractivity contribution in [3.8, 4) is 11.3 Å². The number of methoxy groups -OCH3 is 1. The van der Waals surface area contributed by atoms with E-state index in [1.807, 2.05) is 52.2 Å². The summed E-state index contributed by atoms with van der Waals surface area (Å²) in [5, 5.41) is 7.29. The van der Waals surface area contributed by atoms with E-state index in [1.54, 1.807) is 18.5 Å². The van der Waals surface area contributed by atoms with Crippen LogP contribution in [0, 0.1) is 12.8 Å². The highest BCUT2D eigenvalue weighted by molar-refractivity contribution is 5.89. The van der Waals surface area contributed by atoms with E-state index < -0.39 is 12.3 Å². The van der Waals surface area contributed by atoms with Gasteiger partial charge in [0.2, 0.25) is 5.95 Å². The fourth-order valence-corrected chi connectivity index (χ4v) is 3.99. The molecule has 0 spiro atoms. The number of fused-ring (bicyclic) bond motifs is 1. The molecule has 0 radical (unpaired) electrons. The molecule has 9 nitrogen and oxygen atoms in total. The molecule has 4 rings (SSSR count). The number of nitrogen functional groups attached to an aromatic ring is 1. The molecule has 1 aliphatic heterocycles. The number of rotatable bonds is 8. The molecule has 0 aromatic carbocycles. The molecule has 1 fully saturated rings. The molecular weight excluding hydrogens is 526 g/mol. The standard InChI is InChI=1S/C18H23N7.C8H16FNO.C4H9F/c1-10(2)11(3)21-14-6-7-15(22-12(14)4)13-8-9-25-16(13)17(20-5)23-18(19)24-25;1-11-6-5-10-4-2-3-8(9)7-10;1-3-4(2)5/h6-10H,1-5H3,(H3,19,20,23,24);8H,2-7H2,1H3;4H,3H2,1-2H3/t;8-;/m.1./s1. The van der Waals surface area contributed by atoms with Crippen molar-refractivity contribution in [2.75, 3.05) is 51.4 Å². The lowest BCUT2D eigenvalue weighted by Gasteiger charge is -2.28. The van der Waals surface area contributed by atoms with Gasteiger partial charge in [-0.05, 0) is 70.7 Å². The summed E-state index contributed by atoms with van der Waals surface area (Å²) in [5.41, 5.74) is 11.3. The summed E-state index contributed by atoms with van der Waals surface area (Å²) >= 11 is 0. The number of pyridine rings is 1. The van der Waals surface area contributed by atoms with E-state index in [2.05, 4.69) is 39.1 Å². The van der Waals surface area contributed by atoms with E-state index in [9.17, 15) is 8.78 Å². The van der Waals surface area contributed by atoms with Gasteiger partial charge in [-0.15, -0.1) is 5.10 Å². The maximum atomic E-state index is 12.8. The summed E-state index contributed by atoms with van der Waals surface area (Å²) in [6.07, 6.45) is 3.00. The Morgan fingerprint density at radius 3 is 2.51 bits per heavy atom. The van der Waals surface area contributed by atoms with Crippen LogP contribution in [0.15, 0.2) is 29.4 Å². The monoisotopic (exact) mass is 574 g/mol. The van der Waals surface area contributed by atoms with E-state index in [1.165, 1.54) is 0 Å². The molecule has 0 saturated carbocycles. The van der Waals surface area contributed by atoms with Gasteiger partial charge in [0.05, 0.1) is 29.9 Å². The molecule has 3 N–H and O–H groups in total. The number of hydrogen-bond acceptors (Lipinski definition) is 8. The van der Waals surface area contributed by atoms with Crippen molar-refractivity contribution in [1.29, 1.82) is 0 Å². The molecule has 0 bridgehead atoms. The van der Waals surface area contributed by atoms with Gasteiger partial charge < -0.3 is 15.8 Å². The first-order chi connectivity index (χ1) is 19.5. The largest absolute Gasteiger partial charge is 0.383 e. The van der Waals surface area contributed by atoms with Crippen LogP contribution in [-0.2, 0) is 4.74 Å². The van der Waals surface area contributed by atoms with Crippen molar-refractivity contribution in [2.24, 2.45) is 10.9 Å². The molecule has 1 unspecified atom stereocenters. The Bertz CT molecular complexity index is 1240. The van der Waals surface area contributed by atoms with Gasteiger partial charge in [-0.3, -0.25) is 14.9 Å². The third-order valence-corrected chi connectivity index (χ3v) is 6.85. The van der Waals surface area contributed by atoms with Crippen LogP contribution in [0.25, 0.3) is 16.8 Å². The van der Waals surface area contributed by atoms with Gasteiger partial charge in [-0.2, -0.15) is 4.98 Å². The number of alkyl halides is 2. The zero-order chi connectivity index (χ0) is 30.5. The average Bonchev–Trinajstić information content (AvgIpc) is 3.37. The number of ether oxygens (including phenoxy) is 1. The van der Waals surface area contributed by atoms with Crippen LogP contribution in [0.4, 0.5) is 26.2 Å². The number of piperidine rings is 1. The Balaban J connectivity index is 0.000000303. The van der Waals surface area contributed by atoms with Crippen LogP contribution < -0.4 is 11.1 Å². The van der Waals surface area contributed by atoms with Crippen LogP contribution in [-0.4, -0.2) is 82.9 Å². The smallest absolute Gasteiger partial charge is 0.240 e. The Morgan fingerprint density at radius 1 is 1.24 bits per heavy atom. The van der Waals surface area contributed by atoms with Gasteiger partial charge in [0, 0.05) is 44.7 Å².